The molecule has 1 unspecified atom stereocenters. The predicted molar refractivity (Wildman–Crippen MR) is 132 cm³/mol. The summed E-state index contributed by atoms with van der Waals surface area (Å²) >= 11 is 0. The zero-order chi connectivity index (χ0) is 26.5. The standard InChI is InChI=1S/C26H29F4N3O2S/c1-4-5-6-7-9-17(2)20-10-8-15-31-25(20)36(34,35)33-23-14-13-22(26(28,29)30)24(32-23)21-16-19(27)12-11-18(21)3/h8,10-17H,4-7,9H2,1-3H3,(H,32,33). The summed E-state index contributed by atoms with van der Waals surface area (Å²) in [6.07, 6.45) is 1.51. The van der Waals surface area contributed by atoms with Crippen LogP contribution in [0.2, 0.25) is 0 Å². The summed E-state index contributed by atoms with van der Waals surface area (Å²) < 4.78 is 83.8. The molecule has 1 N–H and O–H groups in total. The van der Waals surface area contributed by atoms with Gasteiger partial charge < -0.3 is 0 Å². The van der Waals surface area contributed by atoms with Crippen LogP contribution in [0.5, 0.6) is 0 Å². The van der Waals surface area contributed by atoms with Crippen molar-refractivity contribution >= 4 is 15.8 Å². The highest BCUT2D eigenvalue weighted by Crippen LogP contribution is 2.38. The van der Waals surface area contributed by atoms with Crippen LogP contribution in [0.3, 0.4) is 0 Å². The lowest BCUT2D eigenvalue weighted by Crippen LogP contribution is -2.19. The summed E-state index contributed by atoms with van der Waals surface area (Å²) in [5.74, 6) is -1.15. The third-order valence-corrected chi connectivity index (χ3v) is 7.30. The molecule has 0 saturated carbocycles. The van der Waals surface area contributed by atoms with Crippen molar-refractivity contribution in [3.05, 3.63) is 71.2 Å². The first-order chi connectivity index (χ1) is 16.9. The van der Waals surface area contributed by atoms with Crippen molar-refractivity contribution < 1.29 is 26.0 Å². The number of pyridine rings is 2. The minimum atomic E-state index is -4.78. The van der Waals surface area contributed by atoms with Crippen LogP contribution in [-0.4, -0.2) is 18.4 Å². The Bertz CT molecular complexity index is 1310. The number of sulfonamides is 1. The fourth-order valence-electron chi connectivity index (χ4n) is 4.02. The molecule has 0 aliphatic rings. The maximum atomic E-state index is 13.9. The fraction of sp³-hybridized carbons (Fsp3) is 0.385. The van der Waals surface area contributed by atoms with Gasteiger partial charge in [0, 0.05) is 11.8 Å². The molecule has 5 nitrogen and oxygen atoms in total. The maximum Gasteiger partial charge on any atom is 0.418 e. The van der Waals surface area contributed by atoms with Gasteiger partial charge in [0.1, 0.15) is 11.6 Å². The van der Waals surface area contributed by atoms with Gasteiger partial charge in [0.25, 0.3) is 10.0 Å². The second kappa shape index (κ2) is 11.4. The third kappa shape index (κ3) is 6.60. The highest BCUT2D eigenvalue weighted by molar-refractivity contribution is 7.92. The number of alkyl halides is 3. The van der Waals surface area contributed by atoms with E-state index in [0.717, 1.165) is 56.4 Å². The molecule has 0 bridgehead atoms. The van der Waals surface area contributed by atoms with E-state index >= 15 is 0 Å². The van der Waals surface area contributed by atoms with E-state index in [9.17, 15) is 26.0 Å². The number of anilines is 1. The van der Waals surface area contributed by atoms with Crippen LogP contribution in [0.15, 0.2) is 53.7 Å². The van der Waals surface area contributed by atoms with E-state index < -0.39 is 33.3 Å². The fourth-order valence-corrected chi connectivity index (χ4v) is 5.29. The first kappa shape index (κ1) is 27.6. The largest absolute Gasteiger partial charge is 0.418 e. The lowest BCUT2D eigenvalue weighted by atomic mass is 9.96. The Morgan fingerprint density at radius 3 is 2.50 bits per heavy atom. The molecular weight excluding hydrogens is 494 g/mol. The number of hydrogen-bond donors (Lipinski definition) is 1. The lowest BCUT2D eigenvalue weighted by Gasteiger charge is -2.18. The smallest absolute Gasteiger partial charge is 0.262 e. The average molecular weight is 524 g/mol. The highest BCUT2D eigenvalue weighted by Gasteiger charge is 2.35. The highest BCUT2D eigenvalue weighted by atomic mass is 32.2. The molecule has 0 fully saturated rings. The van der Waals surface area contributed by atoms with Crippen molar-refractivity contribution in [1.29, 1.82) is 0 Å². The summed E-state index contributed by atoms with van der Waals surface area (Å²) in [5.41, 5.74) is -0.862. The monoisotopic (exact) mass is 523 g/mol. The predicted octanol–water partition coefficient (Wildman–Crippen LogP) is 7.48. The zero-order valence-electron chi connectivity index (χ0n) is 20.4. The van der Waals surface area contributed by atoms with Crippen LogP contribution in [0.1, 0.15) is 68.6 Å². The number of aryl methyl sites for hydroxylation is 1. The Balaban J connectivity index is 1.99. The van der Waals surface area contributed by atoms with Crippen molar-refractivity contribution in [2.45, 2.75) is 70.0 Å². The molecule has 2 aromatic heterocycles. The Morgan fingerprint density at radius 1 is 1.06 bits per heavy atom. The average Bonchev–Trinajstić information content (AvgIpc) is 2.82. The normalized spacial score (nSPS) is 13.0. The molecule has 36 heavy (non-hydrogen) atoms. The van der Waals surface area contributed by atoms with E-state index in [2.05, 4.69) is 21.6 Å². The van der Waals surface area contributed by atoms with Gasteiger partial charge in [0.2, 0.25) is 0 Å². The van der Waals surface area contributed by atoms with E-state index in [1.54, 1.807) is 12.1 Å². The summed E-state index contributed by atoms with van der Waals surface area (Å²) in [5, 5.41) is -0.196. The van der Waals surface area contributed by atoms with Gasteiger partial charge in [-0.1, -0.05) is 51.7 Å². The second-order valence-electron chi connectivity index (χ2n) is 8.80. The van der Waals surface area contributed by atoms with Gasteiger partial charge in [-0.3, -0.25) is 4.72 Å². The van der Waals surface area contributed by atoms with Crippen molar-refractivity contribution in [2.75, 3.05) is 4.72 Å². The molecule has 0 radical (unpaired) electrons. The van der Waals surface area contributed by atoms with Crippen molar-refractivity contribution in [3.63, 3.8) is 0 Å². The van der Waals surface area contributed by atoms with Gasteiger partial charge >= 0.3 is 6.18 Å². The van der Waals surface area contributed by atoms with E-state index in [1.165, 1.54) is 19.2 Å². The number of nitrogens with one attached hydrogen (secondary N) is 1. The van der Waals surface area contributed by atoms with Crippen LogP contribution in [0.4, 0.5) is 23.4 Å². The van der Waals surface area contributed by atoms with Crippen LogP contribution in [0.25, 0.3) is 11.3 Å². The molecule has 1 atom stereocenters. The van der Waals surface area contributed by atoms with Crippen molar-refractivity contribution in [2.24, 2.45) is 0 Å². The lowest BCUT2D eigenvalue weighted by molar-refractivity contribution is -0.137. The molecule has 2 heterocycles. The number of unbranched alkanes of at least 4 members (excludes halogenated alkanes) is 3. The summed E-state index contributed by atoms with van der Waals surface area (Å²) in [6.45, 7) is 5.55. The minimum absolute atomic E-state index is 0.0809. The van der Waals surface area contributed by atoms with E-state index in [1.807, 2.05) is 6.92 Å². The molecule has 194 valence electrons. The SMILES string of the molecule is CCCCCCC(C)c1cccnc1S(=O)(=O)Nc1ccc(C(F)(F)F)c(-c2cc(F)ccc2C)n1. The molecule has 3 aromatic rings. The van der Waals surface area contributed by atoms with Crippen LogP contribution in [-0.2, 0) is 16.2 Å². The van der Waals surface area contributed by atoms with Gasteiger partial charge in [0.05, 0.1) is 11.3 Å². The number of halogens is 4. The molecule has 0 saturated heterocycles. The molecule has 1 aromatic carbocycles. The number of rotatable bonds is 10. The third-order valence-electron chi connectivity index (χ3n) is 5.97. The molecule has 10 heteroatoms. The number of aromatic nitrogens is 2. The van der Waals surface area contributed by atoms with Gasteiger partial charge in [-0.2, -0.15) is 21.6 Å². The molecule has 0 aliphatic carbocycles. The van der Waals surface area contributed by atoms with Gasteiger partial charge in [-0.15, -0.1) is 0 Å². The number of nitrogens with zero attached hydrogens (tertiary/aromatic N) is 2. The Kier molecular flexibility index (Phi) is 8.71. The molecule has 0 aliphatic heterocycles. The van der Waals surface area contributed by atoms with Crippen LogP contribution < -0.4 is 4.72 Å². The maximum absolute atomic E-state index is 13.9. The molecule has 0 spiro atoms. The van der Waals surface area contributed by atoms with E-state index in [0.29, 0.717) is 11.1 Å². The summed E-state index contributed by atoms with van der Waals surface area (Å²) in [6, 6.07) is 8.43. The molecule has 3 rings (SSSR count). The second-order valence-corrected chi connectivity index (χ2v) is 10.4. The van der Waals surface area contributed by atoms with Crippen LogP contribution >= 0.6 is 0 Å². The van der Waals surface area contributed by atoms with E-state index in [-0.39, 0.29) is 22.3 Å². The first-order valence-electron chi connectivity index (χ1n) is 11.8. The zero-order valence-corrected chi connectivity index (χ0v) is 21.2. The number of hydrogen-bond acceptors (Lipinski definition) is 4. The van der Waals surface area contributed by atoms with Crippen LogP contribution in [0, 0.1) is 12.7 Å². The first-order valence-corrected chi connectivity index (χ1v) is 13.2. The van der Waals surface area contributed by atoms with Gasteiger partial charge in [-0.05, 0) is 60.7 Å². The van der Waals surface area contributed by atoms with Crippen molar-refractivity contribution in [3.8, 4) is 11.3 Å². The Hall–Kier alpha value is -3.01. The quantitative estimate of drug-likeness (QED) is 0.221. The molecule has 0 amide bonds. The van der Waals surface area contributed by atoms with Crippen molar-refractivity contribution in [1.82, 2.24) is 9.97 Å². The minimum Gasteiger partial charge on any atom is -0.262 e. The van der Waals surface area contributed by atoms with Gasteiger partial charge in [-0.25, -0.2) is 14.4 Å². The number of benzene rings is 1. The Labute approximate surface area is 209 Å². The van der Waals surface area contributed by atoms with E-state index in [4.69, 9.17) is 0 Å². The summed E-state index contributed by atoms with van der Waals surface area (Å²) in [4.78, 5) is 8.03. The topological polar surface area (TPSA) is 72.0 Å². The molecular formula is C26H29F4N3O2S. The summed E-state index contributed by atoms with van der Waals surface area (Å²) in [7, 11) is -4.27. The van der Waals surface area contributed by atoms with Gasteiger partial charge in [0.15, 0.2) is 5.03 Å². The Morgan fingerprint density at radius 2 is 1.81 bits per heavy atom.